The van der Waals surface area contributed by atoms with E-state index in [0.29, 0.717) is 5.92 Å². The maximum atomic E-state index is 4.40. The number of allylic oxidation sites excluding steroid dienone is 2. The lowest BCUT2D eigenvalue weighted by molar-refractivity contribution is 0.668. The molecule has 0 spiro atoms. The van der Waals surface area contributed by atoms with Crippen LogP contribution in [0, 0.1) is 5.92 Å². The van der Waals surface area contributed by atoms with Crippen molar-refractivity contribution in [1.82, 2.24) is 0 Å². The lowest BCUT2D eigenvalue weighted by Gasteiger charge is -2.08. The van der Waals surface area contributed by atoms with Gasteiger partial charge >= 0.3 is 0 Å². The maximum Gasteiger partial charge on any atom is 0.0425 e. The fourth-order valence-electron chi connectivity index (χ4n) is 1.17. The molecule has 0 radical (unpaired) electrons. The molecule has 0 saturated carbocycles. The predicted octanol–water partition coefficient (Wildman–Crippen LogP) is 3.97. The van der Waals surface area contributed by atoms with Crippen LogP contribution in [0.25, 0.3) is 0 Å². The second-order valence-electron chi connectivity index (χ2n) is 3.65. The summed E-state index contributed by atoms with van der Waals surface area (Å²) in [5.74, 6) is 0.526. The Kier molecular flexibility index (Phi) is 6.21. The number of aliphatic imine (C=N–C) groups is 1. The quantitative estimate of drug-likeness (QED) is 0.566. The Morgan fingerprint density at radius 3 is 2.46 bits per heavy atom. The van der Waals surface area contributed by atoms with Crippen LogP contribution in [0.5, 0.6) is 0 Å². The van der Waals surface area contributed by atoms with Crippen molar-refractivity contribution in [3.63, 3.8) is 0 Å². The molecule has 0 heterocycles. The highest BCUT2D eigenvalue weighted by Crippen LogP contribution is 2.09. The molecule has 74 valence electrons. The van der Waals surface area contributed by atoms with E-state index in [1.807, 2.05) is 12.3 Å². The third-order valence-electron chi connectivity index (χ3n) is 1.91. The zero-order valence-electron chi connectivity index (χ0n) is 9.30. The molecule has 0 aromatic rings. The summed E-state index contributed by atoms with van der Waals surface area (Å²) in [4.78, 5) is 4.40. The van der Waals surface area contributed by atoms with E-state index in [9.17, 15) is 0 Å². The third kappa shape index (κ3) is 5.40. The van der Waals surface area contributed by atoms with Gasteiger partial charge in [-0.3, -0.25) is 4.99 Å². The zero-order valence-corrected chi connectivity index (χ0v) is 9.30. The zero-order chi connectivity index (χ0) is 10.3. The molecule has 1 unspecified atom stereocenters. The molecule has 0 aliphatic carbocycles. The summed E-state index contributed by atoms with van der Waals surface area (Å²) in [6.07, 6.45) is 6.15. The Morgan fingerprint density at radius 2 is 2.08 bits per heavy atom. The summed E-state index contributed by atoms with van der Waals surface area (Å²) in [7, 11) is 0. The fraction of sp³-hybridized carbons (Fsp3) is 0.583. The fourth-order valence-corrected chi connectivity index (χ4v) is 1.17. The van der Waals surface area contributed by atoms with Gasteiger partial charge in [-0.1, -0.05) is 32.4 Å². The smallest absolute Gasteiger partial charge is 0.0425 e. The largest absolute Gasteiger partial charge is 0.261 e. The molecule has 0 aliphatic heterocycles. The van der Waals surface area contributed by atoms with Gasteiger partial charge in [-0.15, -0.1) is 0 Å². The molecule has 0 N–H and O–H groups in total. The van der Waals surface area contributed by atoms with Gasteiger partial charge in [-0.25, -0.2) is 0 Å². The van der Waals surface area contributed by atoms with Gasteiger partial charge < -0.3 is 0 Å². The van der Waals surface area contributed by atoms with E-state index in [1.165, 1.54) is 18.4 Å². The van der Waals surface area contributed by atoms with Crippen molar-refractivity contribution in [2.24, 2.45) is 10.9 Å². The third-order valence-corrected chi connectivity index (χ3v) is 1.91. The molecule has 0 aromatic carbocycles. The van der Waals surface area contributed by atoms with Gasteiger partial charge in [0.15, 0.2) is 0 Å². The van der Waals surface area contributed by atoms with E-state index in [-0.39, 0.29) is 0 Å². The summed E-state index contributed by atoms with van der Waals surface area (Å²) in [6.45, 7) is 12.3. The number of rotatable bonds is 5. The summed E-state index contributed by atoms with van der Waals surface area (Å²) in [6, 6.07) is 0. The summed E-state index contributed by atoms with van der Waals surface area (Å²) >= 11 is 0. The van der Waals surface area contributed by atoms with Crippen molar-refractivity contribution in [3.05, 3.63) is 24.4 Å². The first kappa shape index (κ1) is 12.2. The lowest BCUT2D eigenvalue weighted by Crippen LogP contribution is -2.07. The Bertz CT molecular complexity index is 207. The second kappa shape index (κ2) is 6.64. The highest BCUT2D eigenvalue weighted by atomic mass is 14.7. The van der Waals surface area contributed by atoms with Crippen LogP contribution in [0.2, 0.25) is 0 Å². The summed E-state index contributed by atoms with van der Waals surface area (Å²) in [5.41, 5.74) is 2.33. The van der Waals surface area contributed by atoms with Crippen LogP contribution in [0.4, 0.5) is 0 Å². The monoisotopic (exact) mass is 179 g/mol. The first-order valence-electron chi connectivity index (χ1n) is 4.95. The lowest BCUT2D eigenvalue weighted by atomic mass is 10.0. The van der Waals surface area contributed by atoms with Crippen LogP contribution in [-0.2, 0) is 0 Å². The first-order chi connectivity index (χ1) is 6.11. The van der Waals surface area contributed by atoms with Crippen LogP contribution in [0.3, 0.4) is 0 Å². The molecule has 13 heavy (non-hydrogen) atoms. The Hall–Kier alpha value is -0.850. The van der Waals surface area contributed by atoms with Gasteiger partial charge in [0.1, 0.15) is 0 Å². The topological polar surface area (TPSA) is 12.4 Å². The molecule has 0 saturated heterocycles. The van der Waals surface area contributed by atoms with Gasteiger partial charge in [0, 0.05) is 11.9 Å². The van der Waals surface area contributed by atoms with Crippen LogP contribution >= 0.6 is 0 Å². The molecular formula is C12H21N. The molecule has 1 nitrogen and oxygen atoms in total. The van der Waals surface area contributed by atoms with Crippen molar-refractivity contribution in [1.29, 1.82) is 0 Å². The molecule has 0 fully saturated rings. The van der Waals surface area contributed by atoms with Gasteiger partial charge in [0.2, 0.25) is 0 Å². The molecule has 1 heteroatoms. The van der Waals surface area contributed by atoms with Crippen molar-refractivity contribution in [2.75, 3.05) is 0 Å². The molecular weight excluding hydrogens is 158 g/mol. The minimum Gasteiger partial charge on any atom is -0.261 e. The van der Waals surface area contributed by atoms with E-state index >= 15 is 0 Å². The molecule has 0 rings (SSSR count). The van der Waals surface area contributed by atoms with Crippen molar-refractivity contribution >= 4 is 5.71 Å². The van der Waals surface area contributed by atoms with Gasteiger partial charge in [0.25, 0.3) is 0 Å². The number of nitrogens with zero attached hydrogens (tertiary/aromatic N) is 1. The molecule has 1 atom stereocenters. The average molecular weight is 179 g/mol. The minimum absolute atomic E-state index is 0.526. The standard InChI is InChI=1S/C12H21N/c1-6-8-11(5)12(7-2)13-9-10(3)4/h7,9,11H,2,6,8H2,1,3-5H3. The highest BCUT2D eigenvalue weighted by molar-refractivity contribution is 5.96. The van der Waals surface area contributed by atoms with E-state index in [2.05, 4.69) is 39.3 Å². The van der Waals surface area contributed by atoms with Gasteiger partial charge in [-0.2, -0.15) is 0 Å². The van der Waals surface area contributed by atoms with Crippen molar-refractivity contribution in [3.8, 4) is 0 Å². The number of hydrogen-bond donors (Lipinski definition) is 0. The predicted molar refractivity (Wildman–Crippen MR) is 61.1 cm³/mol. The van der Waals surface area contributed by atoms with Gasteiger partial charge in [-0.05, 0) is 32.3 Å². The van der Waals surface area contributed by atoms with Crippen LogP contribution in [0.1, 0.15) is 40.5 Å². The van der Waals surface area contributed by atoms with Crippen LogP contribution in [-0.4, -0.2) is 5.71 Å². The van der Waals surface area contributed by atoms with Crippen LogP contribution < -0.4 is 0 Å². The van der Waals surface area contributed by atoms with Crippen molar-refractivity contribution in [2.45, 2.75) is 40.5 Å². The molecule has 0 aliphatic rings. The maximum absolute atomic E-state index is 4.40. The average Bonchev–Trinajstić information content (AvgIpc) is 2.05. The Labute approximate surface area is 82.3 Å². The van der Waals surface area contributed by atoms with E-state index in [4.69, 9.17) is 0 Å². The summed E-state index contributed by atoms with van der Waals surface area (Å²) in [5, 5.41) is 0. The molecule has 0 amide bonds. The Balaban J connectivity index is 4.40. The first-order valence-corrected chi connectivity index (χ1v) is 4.95. The Morgan fingerprint density at radius 1 is 1.46 bits per heavy atom. The van der Waals surface area contributed by atoms with E-state index in [1.54, 1.807) is 0 Å². The summed E-state index contributed by atoms with van der Waals surface area (Å²) < 4.78 is 0. The van der Waals surface area contributed by atoms with Crippen LogP contribution in [0.15, 0.2) is 29.4 Å². The normalized spacial score (nSPS) is 13.7. The van der Waals surface area contributed by atoms with E-state index < -0.39 is 0 Å². The highest BCUT2D eigenvalue weighted by Gasteiger charge is 2.04. The minimum atomic E-state index is 0.526. The number of hydrogen-bond acceptors (Lipinski definition) is 1. The van der Waals surface area contributed by atoms with Gasteiger partial charge in [0.05, 0.1) is 0 Å². The SMILES string of the molecule is C=CC(=NC=C(C)C)C(C)CCC. The van der Waals surface area contributed by atoms with E-state index in [0.717, 1.165) is 5.71 Å². The second-order valence-corrected chi connectivity index (χ2v) is 3.65. The molecule has 0 bridgehead atoms. The van der Waals surface area contributed by atoms with Crippen molar-refractivity contribution < 1.29 is 0 Å². The molecule has 0 aromatic heterocycles.